The van der Waals surface area contributed by atoms with Crippen molar-refractivity contribution in [1.29, 1.82) is 0 Å². The van der Waals surface area contributed by atoms with E-state index in [9.17, 15) is 9.59 Å². The van der Waals surface area contributed by atoms with E-state index >= 15 is 0 Å². The van der Waals surface area contributed by atoms with Gasteiger partial charge < -0.3 is 19.7 Å². The summed E-state index contributed by atoms with van der Waals surface area (Å²) in [5.74, 6) is -0.456. The maximum absolute atomic E-state index is 12.7. The quantitative estimate of drug-likeness (QED) is 0.852. The van der Waals surface area contributed by atoms with Gasteiger partial charge in [-0.2, -0.15) is 0 Å². The van der Waals surface area contributed by atoms with E-state index in [4.69, 9.17) is 9.47 Å². The molecule has 1 aliphatic heterocycles. The largest absolute Gasteiger partial charge is 0.467 e. The average molecular weight is 340 g/mol. The number of urea groups is 1. The van der Waals surface area contributed by atoms with Crippen molar-refractivity contribution < 1.29 is 19.1 Å². The van der Waals surface area contributed by atoms with Crippen molar-refractivity contribution in [2.75, 3.05) is 32.1 Å². The normalized spacial score (nSPS) is 19.1. The van der Waals surface area contributed by atoms with Crippen molar-refractivity contribution in [2.24, 2.45) is 0 Å². The Morgan fingerprint density at radius 3 is 2.80 bits per heavy atom. The van der Waals surface area contributed by atoms with Crippen LogP contribution in [-0.4, -0.2) is 49.8 Å². The minimum absolute atomic E-state index is 0.194. The first-order chi connectivity index (χ1) is 12.2. The molecule has 2 amide bonds. The second kappa shape index (κ2) is 6.37. The van der Waals surface area contributed by atoms with Gasteiger partial charge in [-0.25, -0.2) is 9.59 Å². The standard InChI is InChI=1S/C19H20N2O4/c1-24-18(22)16-11-21(9-10-25-16)19(23)20-15-8-7-13-6-5-12-3-2-4-14(15)17(12)13/h2-4,7-8,16H,5-6,9-11H2,1H3,(H,20,23)/t16-/m1/s1. The van der Waals surface area contributed by atoms with Crippen LogP contribution >= 0.6 is 0 Å². The number of benzene rings is 2. The number of anilines is 1. The summed E-state index contributed by atoms with van der Waals surface area (Å²) in [5, 5.41) is 5.32. The number of methoxy groups -OCH3 is 1. The number of nitrogens with zero attached hydrogens (tertiary/aromatic N) is 1. The van der Waals surface area contributed by atoms with E-state index in [0.717, 1.165) is 23.9 Å². The van der Waals surface area contributed by atoms with E-state index in [1.807, 2.05) is 18.2 Å². The third-order valence-corrected chi connectivity index (χ3v) is 4.94. The molecule has 6 heteroatoms. The highest BCUT2D eigenvalue weighted by atomic mass is 16.6. The maximum Gasteiger partial charge on any atom is 0.336 e. The average Bonchev–Trinajstić information content (AvgIpc) is 3.08. The van der Waals surface area contributed by atoms with E-state index in [1.54, 1.807) is 4.90 Å². The van der Waals surface area contributed by atoms with Crippen LogP contribution in [0, 0.1) is 0 Å². The molecule has 1 saturated heterocycles. The van der Waals surface area contributed by atoms with Gasteiger partial charge in [-0.1, -0.05) is 24.3 Å². The zero-order chi connectivity index (χ0) is 17.4. The number of amides is 2. The molecule has 1 fully saturated rings. The Balaban J connectivity index is 1.56. The predicted molar refractivity (Wildman–Crippen MR) is 93.7 cm³/mol. The number of carbonyl (C=O) groups excluding carboxylic acids is 2. The Kier molecular flexibility index (Phi) is 4.05. The van der Waals surface area contributed by atoms with Crippen molar-refractivity contribution in [1.82, 2.24) is 4.90 Å². The van der Waals surface area contributed by atoms with Gasteiger partial charge in [0, 0.05) is 11.9 Å². The SMILES string of the molecule is COC(=O)[C@H]1CN(C(=O)Nc2ccc3c4c(cccc24)CC3)CCO1. The number of esters is 1. The van der Waals surface area contributed by atoms with E-state index in [2.05, 4.69) is 17.4 Å². The zero-order valence-electron chi connectivity index (χ0n) is 14.1. The summed E-state index contributed by atoms with van der Waals surface area (Å²) in [6, 6.07) is 10.0. The van der Waals surface area contributed by atoms with Crippen LogP contribution in [-0.2, 0) is 27.1 Å². The van der Waals surface area contributed by atoms with Crippen molar-refractivity contribution in [3.05, 3.63) is 41.5 Å². The number of hydrogen-bond donors (Lipinski definition) is 1. The molecule has 4 rings (SSSR count). The monoisotopic (exact) mass is 340 g/mol. The summed E-state index contributed by atoms with van der Waals surface area (Å²) in [4.78, 5) is 25.9. The fourth-order valence-corrected chi connectivity index (χ4v) is 3.66. The van der Waals surface area contributed by atoms with Gasteiger partial charge in [0.2, 0.25) is 0 Å². The fraction of sp³-hybridized carbons (Fsp3) is 0.368. The number of aryl methyl sites for hydroxylation is 2. The molecule has 2 aliphatic rings. The smallest absolute Gasteiger partial charge is 0.336 e. The second-order valence-corrected chi connectivity index (χ2v) is 6.37. The summed E-state index contributed by atoms with van der Waals surface area (Å²) < 4.78 is 10.1. The van der Waals surface area contributed by atoms with Gasteiger partial charge in [0.1, 0.15) is 0 Å². The van der Waals surface area contributed by atoms with Crippen LogP contribution in [0.25, 0.3) is 10.8 Å². The minimum atomic E-state index is -0.725. The van der Waals surface area contributed by atoms with Gasteiger partial charge in [0.05, 0.1) is 25.9 Å². The number of ether oxygens (including phenoxy) is 2. The Labute approximate surface area is 145 Å². The van der Waals surface area contributed by atoms with Crippen LogP contribution < -0.4 is 5.32 Å². The molecule has 2 aromatic rings. The van der Waals surface area contributed by atoms with E-state index in [-0.39, 0.29) is 12.6 Å². The molecule has 1 N–H and O–H groups in total. The van der Waals surface area contributed by atoms with Gasteiger partial charge in [-0.15, -0.1) is 0 Å². The van der Waals surface area contributed by atoms with E-state index < -0.39 is 12.1 Å². The Morgan fingerprint density at radius 2 is 2.00 bits per heavy atom. The molecule has 1 aliphatic carbocycles. The molecule has 2 aromatic carbocycles. The van der Waals surface area contributed by atoms with Gasteiger partial charge in [-0.05, 0) is 35.4 Å². The van der Waals surface area contributed by atoms with Gasteiger partial charge in [-0.3, -0.25) is 0 Å². The molecule has 0 aromatic heterocycles. The zero-order valence-corrected chi connectivity index (χ0v) is 14.1. The van der Waals surface area contributed by atoms with Crippen molar-refractivity contribution >= 4 is 28.5 Å². The molecule has 1 atom stereocenters. The minimum Gasteiger partial charge on any atom is -0.467 e. The third-order valence-electron chi connectivity index (χ3n) is 4.94. The fourth-order valence-electron chi connectivity index (χ4n) is 3.66. The highest BCUT2D eigenvalue weighted by molar-refractivity contribution is 6.04. The van der Waals surface area contributed by atoms with Gasteiger partial charge in [0.25, 0.3) is 0 Å². The van der Waals surface area contributed by atoms with Crippen LogP contribution in [0.1, 0.15) is 11.1 Å². The molecule has 0 bridgehead atoms. The summed E-state index contributed by atoms with van der Waals surface area (Å²) >= 11 is 0. The first-order valence-corrected chi connectivity index (χ1v) is 8.46. The molecule has 25 heavy (non-hydrogen) atoms. The molecule has 0 spiro atoms. The molecule has 0 radical (unpaired) electrons. The molecular formula is C19H20N2O4. The Morgan fingerprint density at radius 1 is 1.20 bits per heavy atom. The van der Waals surface area contributed by atoms with Crippen LogP contribution in [0.2, 0.25) is 0 Å². The lowest BCUT2D eigenvalue weighted by Crippen LogP contribution is -2.50. The molecule has 0 unspecified atom stereocenters. The Hall–Kier alpha value is -2.60. The lowest BCUT2D eigenvalue weighted by Gasteiger charge is -2.31. The predicted octanol–water partition coefficient (Wildman–Crippen LogP) is 2.34. The van der Waals surface area contributed by atoms with Crippen molar-refractivity contribution in [3.63, 3.8) is 0 Å². The molecule has 0 saturated carbocycles. The number of carbonyl (C=O) groups is 2. The van der Waals surface area contributed by atoms with Gasteiger partial charge in [0.15, 0.2) is 6.10 Å². The number of nitrogens with one attached hydrogen (secondary N) is 1. The van der Waals surface area contributed by atoms with E-state index in [1.165, 1.54) is 23.6 Å². The topological polar surface area (TPSA) is 67.9 Å². The lowest BCUT2D eigenvalue weighted by atomic mass is 10.0. The second-order valence-electron chi connectivity index (χ2n) is 6.37. The summed E-state index contributed by atoms with van der Waals surface area (Å²) in [5.41, 5.74) is 3.47. The Bertz CT molecular complexity index is 838. The van der Waals surface area contributed by atoms with Crippen molar-refractivity contribution in [3.8, 4) is 0 Å². The van der Waals surface area contributed by atoms with Crippen LogP contribution in [0.4, 0.5) is 10.5 Å². The lowest BCUT2D eigenvalue weighted by molar-refractivity contribution is -0.158. The highest BCUT2D eigenvalue weighted by Crippen LogP contribution is 2.35. The summed E-state index contributed by atoms with van der Waals surface area (Å²) in [7, 11) is 1.32. The molecule has 130 valence electrons. The van der Waals surface area contributed by atoms with Crippen LogP contribution in [0.3, 0.4) is 0 Å². The van der Waals surface area contributed by atoms with Crippen LogP contribution in [0.15, 0.2) is 30.3 Å². The van der Waals surface area contributed by atoms with Crippen LogP contribution in [0.5, 0.6) is 0 Å². The maximum atomic E-state index is 12.7. The van der Waals surface area contributed by atoms with Crippen molar-refractivity contribution in [2.45, 2.75) is 18.9 Å². The highest BCUT2D eigenvalue weighted by Gasteiger charge is 2.30. The number of hydrogen-bond acceptors (Lipinski definition) is 4. The first kappa shape index (κ1) is 15.9. The molecular weight excluding hydrogens is 320 g/mol. The van der Waals surface area contributed by atoms with E-state index in [0.29, 0.717) is 13.2 Å². The summed E-state index contributed by atoms with van der Waals surface area (Å²) in [6.07, 6.45) is 1.38. The molecule has 6 nitrogen and oxygen atoms in total. The summed E-state index contributed by atoms with van der Waals surface area (Å²) in [6.45, 7) is 0.956. The van der Waals surface area contributed by atoms with Gasteiger partial charge >= 0.3 is 12.0 Å². The number of rotatable bonds is 2. The third kappa shape index (κ3) is 2.82. The molecule has 1 heterocycles. The first-order valence-electron chi connectivity index (χ1n) is 8.46. The number of morpholine rings is 1.